The van der Waals surface area contributed by atoms with Gasteiger partial charge in [-0.15, -0.1) is 22.7 Å². The van der Waals surface area contributed by atoms with Gasteiger partial charge < -0.3 is 9.88 Å². The Bertz CT molecular complexity index is 1330. The van der Waals surface area contributed by atoms with E-state index in [1.54, 1.807) is 29.7 Å². The van der Waals surface area contributed by atoms with E-state index in [2.05, 4.69) is 15.3 Å². The van der Waals surface area contributed by atoms with Gasteiger partial charge in [0.05, 0.1) is 23.4 Å². The summed E-state index contributed by atoms with van der Waals surface area (Å²) < 4.78 is 3.76. The summed E-state index contributed by atoms with van der Waals surface area (Å²) in [4.78, 5) is 47.7. The zero-order valence-corrected chi connectivity index (χ0v) is 17.6. The van der Waals surface area contributed by atoms with Gasteiger partial charge in [-0.25, -0.2) is 14.8 Å². The van der Waals surface area contributed by atoms with Crippen LogP contribution in [-0.4, -0.2) is 29.6 Å². The van der Waals surface area contributed by atoms with Gasteiger partial charge in [-0.05, 0) is 18.4 Å². The number of amides is 1. The molecule has 0 saturated heterocycles. The molecule has 0 aliphatic rings. The van der Waals surface area contributed by atoms with Crippen LogP contribution in [0.1, 0.15) is 10.6 Å². The van der Waals surface area contributed by atoms with Crippen molar-refractivity contribution in [3.63, 3.8) is 0 Å². The van der Waals surface area contributed by atoms with Crippen molar-refractivity contribution < 1.29 is 4.79 Å². The highest BCUT2D eigenvalue weighted by atomic mass is 32.1. The first-order valence-corrected chi connectivity index (χ1v) is 10.4. The first kappa shape index (κ1) is 19.3. The standard InChI is InChI=1S/C18H18N6O3S2/c1-10-12(29-16(21-10)11-5-4-6-28-11)7-19-13(25)8-24-9-20-15-14(24)17(26)23(3)18(27)22(15)2/h4-6,9H,7-8H2,1-3H3,(H,19,25). The molecule has 29 heavy (non-hydrogen) atoms. The average molecular weight is 431 g/mol. The molecule has 0 aliphatic carbocycles. The van der Waals surface area contributed by atoms with Crippen LogP contribution in [0.2, 0.25) is 0 Å². The van der Waals surface area contributed by atoms with Crippen LogP contribution in [0.15, 0.2) is 33.4 Å². The Morgan fingerprint density at radius 3 is 2.76 bits per heavy atom. The smallest absolute Gasteiger partial charge is 0.332 e. The third-order valence-corrected chi connectivity index (χ3v) is 6.80. The number of hydrogen-bond donors (Lipinski definition) is 1. The molecule has 4 aromatic rings. The Balaban J connectivity index is 1.51. The van der Waals surface area contributed by atoms with E-state index in [-0.39, 0.29) is 23.6 Å². The molecule has 0 aromatic carbocycles. The second kappa shape index (κ2) is 7.41. The van der Waals surface area contributed by atoms with E-state index in [0.29, 0.717) is 6.54 Å². The van der Waals surface area contributed by atoms with E-state index in [0.717, 1.165) is 25.0 Å². The lowest BCUT2D eigenvalue weighted by atomic mass is 10.4. The van der Waals surface area contributed by atoms with Gasteiger partial charge in [0.1, 0.15) is 11.6 Å². The number of carbonyl (C=O) groups is 1. The van der Waals surface area contributed by atoms with Crippen molar-refractivity contribution >= 4 is 39.7 Å². The summed E-state index contributed by atoms with van der Waals surface area (Å²) >= 11 is 3.18. The lowest BCUT2D eigenvalue weighted by molar-refractivity contribution is -0.121. The van der Waals surface area contributed by atoms with E-state index >= 15 is 0 Å². The van der Waals surface area contributed by atoms with Crippen LogP contribution < -0.4 is 16.6 Å². The van der Waals surface area contributed by atoms with Crippen LogP contribution in [0, 0.1) is 6.92 Å². The van der Waals surface area contributed by atoms with Crippen molar-refractivity contribution in [2.45, 2.75) is 20.0 Å². The molecule has 150 valence electrons. The molecule has 11 heteroatoms. The molecule has 0 bridgehead atoms. The number of nitrogens with zero attached hydrogens (tertiary/aromatic N) is 5. The van der Waals surface area contributed by atoms with Crippen molar-refractivity contribution in [3.05, 3.63) is 55.2 Å². The third kappa shape index (κ3) is 3.42. The van der Waals surface area contributed by atoms with Crippen LogP contribution in [-0.2, 0) is 32.0 Å². The summed E-state index contributed by atoms with van der Waals surface area (Å²) in [5, 5.41) is 5.81. The SMILES string of the molecule is Cc1nc(-c2cccs2)sc1CNC(=O)Cn1cnc2c1c(=O)n(C)c(=O)n2C. The number of imidazole rings is 1. The molecule has 1 amide bonds. The second-order valence-corrected chi connectivity index (χ2v) is 8.56. The van der Waals surface area contributed by atoms with Gasteiger partial charge in [0.2, 0.25) is 5.91 Å². The summed E-state index contributed by atoms with van der Waals surface area (Å²) in [7, 11) is 2.94. The molecule has 0 fully saturated rings. The van der Waals surface area contributed by atoms with Crippen molar-refractivity contribution in [2.24, 2.45) is 14.1 Å². The van der Waals surface area contributed by atoms with Crippen LogP contribution in [0.3, 0.4) is 0 Å². The number of nitrogens with one attached hydrogen (secondary N) is 1. The third-order valence-electron chi connectivity index (χ3n) is 4.60. The van der Waals surface area contributed by atoms with Gasteiger partial charge in [-0.2, -0.15) is 0 Å². The topological polar surface area (TPSA) is 104 Å². The Hall–Kier alpha value is -3.05. The number of carbonyl (C=O) groups excluding carboxylic acids is 1. The fraction of sp³-hybridized carbons (Fsp3) is 0.278. The molecule has 9 nitrogen and oxygen atoms in total. The van der Waals surface area contributed by atoms with Gasteiger partial charge in [0.15, 0.2) is 11.2 Å². The fourth-order valence-corrected chi connectivity index (χ4v) is 4.80. The van der Waals surface area contributed by atoms with E-state index in [1.807, 2.05) is 24.4 Å². The lowest BCUT2D eigenvalue weighted by Crippen LogP contribution is -2.38. The average Bonchev–Trinajstić information content (AvgIpc) is 3.43. The molecule has 4 aromatic heterocycles. The molecule has 0 spiro atoms. The molecule has 0 atom stereocenters. The van der Waals surface area contributed by atoms with Crippen LogP contribution in [0.5, 0.6) is 0 Å². The van der Waals surface area contributed by atoms with Crippen LogP contribution >= 0.6 is 22.7 Å². The minimum Gasteiger partial charge on any atom is -0.350 e. The van der Waals surface area contributed by atoms with Gasteiger partial charge >= 0.3 is 5.69 Å². The Labute approximate surface area is 172 Å². The molecular formula is C18H18N6O3S2. The highest BCUT2D eigenvalue weighted by Gasteiger charge is 2.16. The maximum Gasteiger partial charge on any atom is 0.332 e. The van der Waals surface area contributed by atoms with E-state index < -0.39 is 11.2 Å². The molecule has 1 N–H and O–H groups in total. The zero-order valence-electron chi connectivity index (χ0n) is 16.0. The maximum absolute atomic E-state index is 12.5. The van der Waals surface area contributed by atoms with Crippen LogP contribution in [0.4, 0.5) is 0 Å². The number of thiophene rings is 1. The van der Waals surface area contributed by atoms with E-state index in [4.69, 9.17) is 0 Å². The summed E-state index contributed by atoms with van der Waals surface area (Å²) in [6.07, 6.45) is 1.40. The molecule has 4 rings (SSSR count). The zero-order chi connectivity index (χ0) is 20.7. The predicted octanol–water partition coefficient (Wildman–Crippen LogP) is 1.24. The normalized spacial score (nSPS) is 11.3. The summed E-state index contributed by atoms with van der Waals surface area (Å²) in [5.41, 5.74) is 0.422. The Morgan fingerprint density at radius 2 is 2.03 bits per heavy atom. The van der Waals surface area contributed by atoms with Gasteiger partial charge in [-0.3, -0.25) is 18.7 Å². The largest absolute Gasteiger partial charge is 0.350 e. The fourth-order valence-electron chi connectivity index (χ4n) is 3.00. The summed E-state index contributed by atoms with van der Waals surface area (Å²) in [5.74, 6) is -0.259. The van der Waals surface area contributed by atoms with Gasteiger partial charge in [-0.1, -0.05) is 6.07 Å². The Kier molecular flexibility index (Phi) is 4.92. The molecule has 0 saturated carbocycles. The van der Waals surface area contributed by atoms with Crippen molar-refractivity contribution in [3.8, 4) is 9.88 Å². The van der Waals surface area contributed by atoms with Crippen molar-refractivity contribution in [2.75, 3.05) is 0 Å². The number of fused-ring (bicyclic) bond motifs is 1. The number of hydrogen-bond acceptors (Lipinski definition) is 7. The van der Waals surface area contributed by atoms with Gasteiger partial charge in [0, 0.05) is 19.0 Å². The second-order valence-electron chi connectivity index (χ2n) is 6.53. The van der Waals surface area contributed by atoms with E-state index in [9.17, 15) is 14.4 Å². The molecule has 0 aliphatic heterocycles. The number of aromatic nitrogens is 5. The molecular weight excluding hydrogens is 412 g/mol. The minimum atomic E-state index is -0.479. The summed E-state index contributed by atoms with van der Waals surface area (Å²) in [6, 6.07) is 4.00. The first-order valence-electron chi connectivity index (χ1n) is 8.74. The van der Waals surface area contributed by atoms with Crippen molar-refractivity contribution in [1.82, 2.24) is 29.0 Å². The molecule has 0 radical (unpaired) electrons. The number of aryl methyl sites for hydroxylation is 2. The molecule has 4 heterocycles. The summed E-state index contributed by atoms with van der Waals surface area (Å²) in [6.45, 7) is 2.21. The monoisotopic (exact) mass is 430 g/mol. The van der Waals surface area contributed by atoms with Gasteiger partial charge in [0.25, 0.3) is 5.56 Å². The van der Waals surface area contributed by atoms with E-state index in [1.165, 1.54) is 22.5 Å². The highest BCUT2D eigenvalue weighted by Crippen LogP contribution is 2.30. The van der Waals surface area contributed by atoms with Crippen molar-refractivity contribution in [1.29, 1.82) is 0 Å². The van der Waals surface area contributed by atoms with Crippen LogP contribution in [0.25, 0.3) is 21.0 Å². The minimum absolute atomic E-state index is 0.0699. The number of thiazole rings is 1. The lowest BCUT2D eigenvalue weighted by Gasteiger charge is -2.07. The first-order chi connectivity index (χ1) is 13.9. The maximum atomic E-state index is 12.5. The Morgan fingerprint density at radius 1 is 1.24 bits per heavy atom. The predicted molar refractivity (Wildman–Crippen MR) is 112 cm³/mol. The quantitative estimate of drug-likeness (QED) is 0.513. The number of rotatable bonds is 5. The molecule has 0 unspecified atom stereocenters. The highest BCUT2D eigenvalue weighted by molar-refractivity contribution is 7.21.